The maximum atomic E-state index is 12.0. The Hall–Kier alpha value is -3.06. The van der Waals surface area contributed by atoms with Gasteiger partial charge in [-0.2, -0.15) is 0 Å². The normalized spacial score (nSPS) is 10.4. The first-order chi connectivity index (χ1) is 13.0. The smallest absolute Gasteiger partial charge is 0.322 e. The molecule has 2 aromatic heterocycles. The van der Waals surface area contributed by atoms with Gasteiger partial charge in [0.15, 0.2) is 5.78 Å². The van der Waals surface area contributed by atoms with Crippen LogP contribution in [0.5, 0.6) is 11.8 Å². The lowest BCUT2D eigenvalue weighted by Crippen LogP contribution is -2.13. The van der Waals surface area contributed by atoms with Gasteiger partial charge in [0.25, 0.3) is 0 Å². The zero-order valence-electron chi connectivity index (χ0n) is 15.1. The van der Waals surface area contributed by atoms with Crippen LogP contribution in [0.2, 0.25) is 0 Å². The van der Waals surface area contributed by atoms with Crippen molar-refractivity contribution in [3.8, 4) is 11.8 Å². The lowest BCUT2D eigenvalue weighted by molar-refractivity contribution is -0.116. The molecule has 0 aliphatic rings. The fourth-order valence-electron chi connectivity index (χ4n) is 2.46. The molecule has 0 aliphatic carbocycles. The fourth-order valence-corrected chi connectivity index (χ4v) is 3.16. The predicted molar refractivity (Wildman–Crippen MR) is 105 cm³/mol. The topological polar surface area (TPSA) is 81.2 Å². The highest BCUT2D eigenvalue weighted by Crippen LogP contribution is 2.21. The second-order valence-corrected chi connectivity index (χ2v) is 6.96. The molecule has 1 N–H and O–H groups in total. The van der Waals surface area contributed by atoms with Gasteiger partial charge in [0.2, 0.25) is 5.91 Å². The number of carbonyl (C=O) groups is 2. The first kappa shape index (κ1) is 18.7. The molecule has 6 nitrogen and oxygen atoms in total. The lowest BCUT2D eigenvalue weighted by atomic mass is 10.2. The second-order valence-electron chi connectivity index (χ2n) is 6.01. The Morgan fingerprint density at radius 1 is 1.04 bits per heavy atom. The summed E-state index contributed by atoms with van der Waals surface area (Å²) in [5.74, 6) is 0.356. The molecule has 0 radical (unpaired) electrons. The number of thiophene rings is 1. The number of hydrogen-bond acceptors (Lipinski definition) is 6. The van der Waals surface area contributed by atoms with Gasteiger partial charge in [0.05, 0.1) is 4.88 Å². The summed E-state index contributed by atoms with van der Waals surface area (Å²) in [5, 5.41) is 4.62. The second kappa shape index (κ2) is 8.55. The third kappa shape index (κ3) is 5.46. The molecule has 0 saturated heterocycles. The van der Waals surface area contributed by atoms with Crippen LogP contribution < -0.4 is 10.1 Å². The van der Waals surface area contributed by atoms with Crippen LogP contribution >= 0.6 is 11.3 Å². The first-order valence-electron chi connectivity index (χ1n) is 8.46. The van der Waals surface area contributed by atoms with Crippen molar-refractivity contribution in [3.05, 3.63) is 64.1 Å². The van der Waals surface area contributed by atoms with Crippen LogP contribution in [-0.2, 0) is 4.79 Å². The molecule has 0 atom stereocenters. The van der Waals surface area contributed by atoms with Crippen molar-refractivity contribution in [1.82, 2.24) is 9.97 Å². The number of amides is 1. The minimum absolute atomic E-state index is 0.0163. The Morgan fingerprint density at radius 2 is 1.74 bits per heavy atom. The summed E-state index contributed by atoms with van der Waals surface area (Å²) in [6.07, 6.45) is 0.336. The summed E-state index contributed by atoms with van der Waals surface area (Å²) in [6, 6.07) is 12.7. The summed E-state index contributed by atoms with van der Waals surface area (Å²) < 4.78 is 5.64. The van der Waals surface area contributed by atoms with E-state index in [0.29, 0.717) is 16.3 Å². The average Bonchev–Trinajstić information content (AvgIpc) is 3.15. The molecular formula is C20H19N3O3S. The zero-order chi connectivity index (χ0) is 19.2. The van der Waals surface area contributed by atoms with Crippen LogP contribution in [0.25, 0.3) is 0 Å². The van der Waals surface area contributed by atoms with Gasteiger partial charge in [-0.1, -0.05) is 6.07 Å². The van der Waals surface area contributed by atoms with Gasteiger partial charge in [-0.05, 0) is 55.6 Å². The lowest BCUT2D eigenvalue weighted by Gasteiger charge is -2.08. The van der Waals surface area contributed by atoms with Gasteiger partial charge in [-0.15, -0.1) is 11.3 Å². The number of nitrogens with zero attached hydrogens (tertiary/aromatic N) is 2. The standard InChI is InChI=1S/C20H19N3O3S/c1-13-12-14(2)22-20(21-13)26-16-7-5-15(6-8-16)23-19(25)10-9-17(24)18-4-3-11-27-18/h3-8,11-12H,9-10H2,1-2H3,(H,23,25). The van der Waals surface area contributed by atoms with E-state index in [0.717, 1.165) is 11.4 Å². The zero-order valence-corrected chi connectivity index (χ0v) is 15.9. The highest BCUT2D eigenvalue weighted by molar-refractivity contribution is 7.12. The first-order valence-corrected chi connectivity index (χ1v) is 9.34. The third-order valence-electron chi connectivity index (χ3n) is 3.68. The number of Topliss-reactive ketones (excluding diaryl/α,β-unsaturated/α-hetero) is 1. The maximum absolute atomic E-state index is 12.0. The van der Waals surface area contributed by atoms with Crippen molar-refractivity contribution >= 4 is 28.7 Å². The van der Waals surface area contributed by atoms with Crippen molar-refractivity contribution in [3.63, 3.8) is 0 Å². The van der Waals surface area contributed by atoms with Gasteiger partial charge in [0.1, 0.15) is 5.75 Å². The number of benzene rings is 1. The number of nitrogens with one attached hydrogen (secondary N) is 1. The molecule has 0 spiro atoms. The summed E-state index contributed by atoms with van der Waals surface area (Å²) >= 11 is 1.39. The largest absolute Gasteiger partial charge is 0.424 e. The molecule has 3 rings (SSSR count). The highest BCUT2D eigenvalue weighted by Gasteiger charge is 2.10. The van der Waals surface area contributed by atoms with Gasteiger partial charge in [-0.25, -0.2) is 9.97 Å². The summed E-state index contributed by atoms with van der Waals surface area (Å²) in [6.45, 7) is 3.76. The number of anilines is 1. The van der Waals surface area contributed by atoms with E-state index in [1.54, 1.807) is 30.3 Å². The van der Waals surface area contributed by atoms with E-state index in [2.05, 4.69) is 15.3 Å². The average molecular weight is 381 g/mol. The van der Waals surface area contributed by atoms with Gasteiger partial charge in [-0.3, -0.25) is 9.59 Å². The predicted octanol–water partition coefficient (Wildman–Crippen LogP) is 4.55. The van der Waals surface area contributed by atoms with E-state index in [1.165, 1.54) is 11.3 Å². The molecule has 0 saturated carbocycles. The van der Waals surface area contributed by atoms with E-state index < -0.39 is 0 Å². The fraction of sp³-hybridized carbons (Fsp3) is 0.200. The number of rotatable bonds is 7. The Morgan fingerprint density at radius 3 is 2.37 bits per heavy atom. The number of ketones is 1. The van der Waals surface area contributed by atoms with E-state index in [1.807, 2.05) is 31.4 Å². The Bertz CT molecular complexity index is 917. The van der Waals surface area contributed by atoms with Crippen LogP contribution in [0, 0.1) is 13.8 Å². The van der Waals surface area contributed by atoms with E-state index in [9.17, 15) is 9.59 Å². The Kier molecular flexibility index (Phi) is 5.93. The van der Waals surface area contributed by atoms with Gasteiger partial charge in [0, 0.05) is 29.9 Å². The molecule has 3 aromatic rings. The van der Waals surface area contributed by atoms with Crippen LogP contribution in [-0.4, -0.2) is 21.7 Å². The monoisotopic (exact) mass is 381 g/mol. The molecule has 27 heavy (non-hydrogen) atoms. The van der Waals surface area contributed by atoms with Crippen molar-refractivity contribution < 1.29 is 14.3 Å². The molecule has 0 bridgehead atoms. The number of aromatic nitrogens is 2. The van der Waals surface area contributed by atoms with Crippen LogP contribution in [0.3, 0.4) is 0 Å². The van der Waals surface area contributed by atoms with E-state index in [-0.39, 0.29) is 30.5 Å². The van der Waals surface area contributed by atoms with Gasteiger partial charge < -0.3 is 10.1 Å². The Balaban J connectivity index is 1.52. The third-order valence-corrected chi connectivity index (χ3v) is 4.60. The minimum atomic E-state index is -0.203. The van der Waals surface area contributed by atoms with Crippen molar-refractivity contribution in [2.45, 2.75) is 26.7 Å². The molecule has 1 amide bonds. The van der Waals surface area contributed by atoms with Crippen LogP contribution in [0.15, 0.2) is 47.8 Å². The highest BCUT2D eigenvalue weighted by atomic mass is 32.1. The van der Waals surface area contributed by atoms with Crippen molar-refractivity contribution in [1.29, 1.82) is 0 Å². The van der Waals surface area contributed by atoms with Crippen LogP contribution in [0.4, 0.5) is 5.69 Å². The molecule has 1 aromatic carbocycles. The molecule has 7 heteroatoms. The molecule has 0 fully saturated rings. The number of carbonyl (C=O) groups excluding carboxylic acids is 2. The SMILES string of the molecule is Cc1cc(C)nc(Oc2ccc(NC(=O)CCC(=O)c3cccs3)cc2)n1. The van der Waals surface area contributed by atoms with Crippen molar-refractivity contribution in [2.75, 3.05) is 5.32 Å². The Labute approximate surface area is 161 Å². The minimum Gasteiger partial charge on any atom is -0.424 e. The summed E-state index contributed by atoms with van der Waals surface area (Å²) in [5.41, 5.74) is 2.30. The number of aryl methyl sites for hydroxylation is 2. The van der Waals surface area contributed by atoms with Gasteiger partial charge >= 0.3 is 6.01 Å². The maximum Gasteiger partial charge on any atom is 0.322 e. The summed E-state index contributed by atoms with van der Waals surface area (Å²) in [7, 11) is 0. The molecule has 0 unspecified atom stereocenters. The molecular weight excluding hydrogens is 362 g/mol. The number of hydrogen-bond donors (Lipinski definition) is 1. The quantitative estimate of drug-likeness (QED) is 0.607. The van der Waals surface area contributed by atoms with E-state index >= 15 is 0 Å². The van der Waals surface area contributed by atoms with Crippen LogP contribution in [0.1, 0.15) is 33.9 Å². The molecule has 0 aliphatic heterocycles. The summed E-state index contributed by atoms with van der Waals surface area (Å²) in [4.78, 5) is 33.1. The van der Waals surface area contributed by atoms with Crippen molar-refractivity contribution in [2.24, 2.45) is 0 Å². The molecule has 2 heterocycles. The number of ether oxygens (including phenoxy) is 1. The van der Waals surface area contributed by atoms with E-state index in [4.69, 9.17) is 4.74 Å². The molecule has 138 valence electrons.